The molecule has 0 aliphatic heterocycles. The predicted octanol–water partition coefficient (Wildman–Crippen LogP) is 1.68. The summed E-state index contributed by atoms with van der Waals surface area (Å²) in [5.74, 6) is -0.613. The summed E-state index contributed by atoms with van der Waals surface area (Å²) < 4.78 is 37.3. The van der Waals surface area contributed by atoms with E-state index in [1.54, 1.807) is 6.92 Å². The number of esters is 1. The lowest BCUT2D eigenvalue weighted by molar-refractivity contribution is -0.890. The van der Waals surface area contributed by atoms with Gasteiger partial charge in [0.25, 0.3) is 0 Å². The Bertz CT molecular complexity index is 457. The van der Waals surface area contributed by atoms with Gasteiger partial charge in [-0.3, -0.25) is 0 Å². The van der Waals surface area contributed by atoms with Crippen molar-refractivity contribution in [1.82, 2.24) is 0 Å². The number of carbonyl (C=O) groups excluding carboxylic acids is 1. The van der Waals surface area contributed by atoms with Crippen LogP contribution in [0, 0.1) is 0 Å². The van der Waals surface area contributed by atoms with E-state index in [1.165, 1.54) is 0 Å². The number of ether oxygens (including phenoxy) is 1. The van der Waals surface area contributed by atoms with Gasteiger partial charge in [-0.05, 0) is 26.2 Å². The average Bonchev–Trinajstić information content (AvgIpc) is 2.37. The zero-order valence-corrected chi connectivity index (χ0v) is 14.8. The Kier molecular flexibility index (Phi) is 9.55. The number of unbranched alkanes of at least 4 members (excludes halogenated alkanes) is 3. The van der Waals surface area contributed by atoms with Gasteiger partial charge in [0.05, 0.1) is 43.9 Å². The molecular formula is C15H29NO5S. The van der Waals surface area contributed by atoms with Crippen molar-refractivity contribution in [2.45, 2.75) is 39.0 Å². The maximum Gasteiger partial charge on any atom is 0.333 e. The molecule has 0 aliphatic carbocycles. The summed E-state index contributed by atoms with van der Waals surface area (Å²) in [5, 5.41) is 0. The molecule has 0 aliphatic rings. The highest BCUT2D eigenvalue weighted by Crippen LogP contribution is 2.07. The van der Waals surface area contributed by atoms with E-state index in [4.69, 9.17) is 4.74 Å². The van der Waals surface area contributed by atoms with Crippen molar-refractivity contribution in [3.63, 3.8) is 0 Å². The largest absolute Gasteiger partial charge is 0.748 e. The summed E-state index contributed by atoms with van der Waals surface area (Å²) in [7, 11) is 0.158. The lowest BCUT2D eigenvalue weighted by atomic mass is 10.2. The van der Waals surface area contributed by atoms with E-state index in [-0.39, 0.29) is 11.7 Å². The number of carbonyl (C=O) groups is 1. The predicted molar refractivity (Wildman–Crippen MR) is 85.3 cm³/mol. The highest BCUT2D eigenvalue weighted by Gasteiger charge is 2.14. The second-order valence-corrected chi connectivity index (χ2v) is 7.85. The molecule has 0 unspecified atom stereocenters. The van der Waals surface area contributed by atoms with Crippen LogP contribution in [0.4, 0.5) is 0 Å². The van der Waals surface area contributed by atoms with E-state index < -0.39 is 10.1 Å². The van der Waals surface area contributed by atoms with Crippen LogP contribution in [0.5, 0.6) is 0 Å². The van der Waals surface area contributed by atoms with Gasteiger partial charge < -0.3 is 13.8 Å². The molecule has 0 rings (SSSR count). The summed E-state index contributed by atoms with van der Waals surface area (Å²) in [6.07, 6.45) is 3.90. The number of hydrogen-bond acceptors (Lipinski definition) is 5. The molecule has 0 radical (unpaired) electrons. The molecule has 0 atom stereocenters. The van der Waals surface area contributed by atoms with Gasteiger partial charge in [0.15, 0.2) is 0 Å². The van der Waals surface area contributed by atoms with Crippen molar-refractivity contribution in [1.29, 1.82) is 0 Å². The van der Waals surface area contributed by atoms with Crippen LogP contribution in [0.25, 0.3) is 0 Å². The van der Waals surface area contributed by atoms with Crippen molar-refractivity contribution in [2.24, 2.45) is 0 Å². The van der Waals surface area contributed by atoms with Gasteiger partial charge >= 0.3 is 5.97 Å². The number of rotatable bonds is 12. The van der Waals surface area contributed by atoms with E-state index in [0.717, 1.165) is 43.3 Å². The van der Waals surface area contributed by atoms with Crippen LogP contribution in [-0.2, 0) is 19.6 Å². The van der Waals surface area contributed by atoms with Gasteiger partial charge in [-0.25, -0.2) is 13.2 Å². The molecule has 22 heavy (non-hydrogen) atoms. The molecule has 7 heteroatoms. The molecule has 0 aromatic rings. The monoisotopic (exact) mass is 335 g/mol. The summed E-state index contributed by atoms with van der Waals surface area (Å²) in [4.78, 5) is 11.2. The Balaban J connectivity index is 3.69. The molecule has 130 valence electrons. The molecule has 0 saturated carbocycles. The first-order valence-corrected chi connectivity index (χ1v) is 9.19. The smallest absolute Gasteiger partial charge is 0.333 e. The van der Waals surface area contributed by atoms with Gasteiger partial charge in [0.1, 0.15) is 0 Å². The Labute approximate surface area is 134 Å². The van der Waals surface area contributed by atoms with Crippen LogP contribution in [-0.4, -0.2) is 63.0 Å². The number of hydrogen-bond donors (Lipinski definition) is 0. The highest BCUT2D eigenvalue weighted by molar-refractivity contribution is 7.85. The third kappa shape index (κ3) is 12.8. The molecule has 0 amide bonds. The van der Waals surface area contributed by atoms with Crippen LogP contribution in [0.2, 0.25) is 0 Å². The standard InChI is InChI=1S/C15H29NO5S/c1-14(2)15(17)21-12-9-11-16(3,4)10-7-5-6-8-13-22(18,19)20/h1,5-13H2,2-4H3. The molecular weight excluding hydrogens is 306 g/mol. The third-order valence-electron chi connectivity index (χ3n) is 3.40. The highest BCUT2D eigenvalue weighted by atomic mass is 32.2. The van der Waals surface area contributed by atoms with Crippen LogP contribution in [0.15, 0.2) is 12.2 Å². The molecule has 0 aromatic heterocycles. The lowest BCUT2D eigenvalue weighted by Crippen LogP contribution is -2.41. The van der Waals surface area contributed by atoms with Crippen LogP contribution >= 0.6 is 0 Å². The van der Waals surface area contributed by atoms with Crippen LogP contribution in [0.3, 0.4) is 0 Å². The minimum atomic E-state index is -4.07. The third-order valence-corrected chi connectivity index (χ3v) is 4.19. The first-order chi connectivity index (χ1) is 10.0. The number of quaternary nitrogens is 1. The lowest BCUT2D eigenvalue weighted by Gasteiger charge is -2.29. The molecule has 0 fully saturated rings. The zero-order valence-electron chi connectivity index (χ0n) is 14.0. The van der Waals surface area contributed by atoms with Crippen molar-refractivity contribution < 1.29 is 27.0 Å². The zero-order chi connectivity index (χ0) is 17.2. The van der Waals surface area contributed by atoms with Crippen molar-refractivity contribution in [3.05, 3.63) is 12.2 Å². The van der Waals surface area contributed by atoms with Gasteiger partial charge in [0.2, 0.25) is 0 Å². The van der Waals surface area contributed by atoms with Crippen molar-refractivity contribution in [2.75, 3.05) is 39.5 Å². The Morgan fingerprint density at radius 1 is 1.09 bits per heavy atom. The van der Waals surface area contributed by atoms with E-state index in [2.05, 4.69) is 20.7 Å². The van der Waals surface area contributed by atoms with Crippen LogP contribution in [0.1, 0.15) is 39.0 Å². The number of nitrogens with zero attached hydrogens (tertiary/aromatic N) is 1. The molecule has 0 saturated heterocycles. The van der Waals surface area contributed by atoms with Crippen molar-refractivity contribution >= 4 is 16.1 Å². The second kappa shape index (κ2) is 9.97. The molecule has 6 nitrogen and oxygen atoms in total. The maximum atomic E-state index is 11.2. The van der Waals surface area contributed by atoms with Gasteiger partial charge in [-0.2, -0.15) is 0 Å². The van der Waals surface area contributed by atoms with Crippen LogP contribution < -0.4 is 0 Å². The van der Waals surface area contributed by atoms with Gasteiger partial charge in [-0.15, -0.1) is 0 Å². The Hall–Kier alpha value is -0.920. The van der Waals surface area contributed by atoms with E-state index in [1.807, 2.05) is 0 Å². The van der Waals surface area contributed by atoms with Gasteiger partial charge in [-0.1, -0.05) is 13.0 Å². The first kappa shape index (κ1) is 21.1. The SMILES string of the molecule is C=C(C)C(=O)OCCC[N+](C)(C)CCCCCCS(=O)(=O)[O-]. The second-order valence-electron chi connectivity index (χ2n) is 6.33. The minimum Gasteiger partial charge on any atom is -0.748 e. The summed E-state index contributed by atoms with van der Waals surface area (Å²) in [6, 6.07) is 0. The summed E-state index contributed by atoms with van der Waals surface area (Å²) >= 11 is 0. The molecule has 0 aromatic carbocycles. The van der Waals surface area contributed by atoms with Gasteiger partial charge in [0, 0.05) is 17.7 Å². The van der Waals surface area contributed by atoms with E-state index in [9.17, 15) is 17.8 Å². The minimum absolute atomic E-state index is 0.265. The molecule has 0 spiro atoms. The normalized spacial score (nSPS) is 12.2. The Morgan fingerprint density at radius 2 is 1.64 bits per heavy atom. The molecule has 0 N–H and O–H groups in total. The average molecular weight is 335 g/mol. The Morgan fingerprint density at radius 3 is 2.18 bits per heavy atom. The summed E-state index contributed by atoms with van der Waals surface area (Å²) in [5.41, 5.74) is 0.411. The van der Waals surface area contributed by atoms with E-state index >= 15 is 0 Å². The molecule has 0 bridgehead atoms. The first-order valence-electron chi connectivity index (χ1n) is 7.62. The quantitative estimate of drug-likeness (QED) is 0.178. The fourth-order valence-corrected chi connectivity index (χ4v) is 2.62. The fourth-order valence-electron chi connectivity index (χ4n) is 2.06. The maximum absolute atomic E-state index is 11.2. The summed E-state index contributed by atoms with van der Waals surface area (Å²) in [6.45, 7) is 7.42. The van der Waals surface area contributed by atoms with E-state index in [0.29, 0.717) is 18.6 Å². The van der Waals surface area contributed by atoms with Crippen molar-refractivity contribution in [3.8, 4) is 0 Å². The topological polar surface area (TPSA) is 83.5 Å². The molecule has 0 heterocycles. The fraction of sp³-hybridized carbons (Fsp3) is 0.800.